The largest absolute Gasteiger partial charge is 0.389 e. The van der Waals surface area contributed by atoms with Crippen molar-refractivity contribution in [1.82, 2.24) is 0 Å². The van der Waals surface area contributed by atoms with Crippen LogP contribution >= 0.6 is 0 Å². The summed E-state index contributed by atoms with van der Waals surface area (Å²) in [7, 11) is 0. The van der Waals surface area contributed by atoms with Crippen molar-refractivity contribution in [2.45, 2.75) is 38.5 Å². The number of allylic oxidation sites excluding steroid dienone is 4. The van der Waals surface area contributed by atoms with Crippen molar-refractivity contribution in [2.75, 3.05) is 0 Å². The zero-order chi connectivity index (χ0) is 14.2. The van der Waals surface area contributed by atoms with Crippen LogP contribution in [-0.4, -0.2) is 23.2 Å². The van der Waals surface area contributed by atoms with Gasteiger partial charge in [0.1, 0.15) is 0 Å². The molecule has 2 atom stereocenters. The number of aliphatic hydroxyl groups excluding tert-OH is 1. The molecule has 19 heavy (non-hydrogen) atoms. The smallest absolute Gasteiger partial charge is 0.384 e. The van der Waals surface area contributed by atoms with Crippen LogP contribution in [0.4, 0.5) is 13.2 Å². The fourth-order valence-corrected chi connectivity index (χ4v) is 2.48. The summed E-state index contributed by atoms with van der Waals surface area (Å²) in [4.78, 5) is 11.9. The topological polar surface area (TPSA) is 37.3 Å². The van der Waals surface area contributed by atoms with Gasteiger partial charge in [-0.3, -0.25) is 4.79 Å². The molecule has 0 amide bonds. The van der Waals surface area contributed by atoms with Crippen molar-refractivity contribution in [3.63, 3.8) is 0 Å². The lowest BCUT2D eigenvalue weighted by Gasteiger charge is -2.31. The highest BCUT2D eigenvalue weighted by atomic mass is 19.4. The number of hydrogen-bond donors (Lipinski definition) is 1. The molecule has 0 heterocycles. The van der Waals surface area contributed by atoms with Gasteiger partial charge in [0.2, 0.25) is 0 Å². The number of aliphatic hydroxyl groups is 1. The van der Waals surface area contributed by atoms with E-state index in [1.54, 1.807) is 6.08 Å². The molecular weight excluding hydrogens is 257 g/mol. The van der Waals surface area contributed by atoms with Gasteiger partial charge in [-0.15, -0.1) is 0 Å². The molecule has 0 saturated heterocycles. The predicted molar refractivity (Wildman–Crippen MR) is 64.3 cm³/mol. The molecule has 2 aliphatic carbocycles. The summed E-state index contributed by atoms with van der Waals surface area (Å²) >= 11 is 0. The minimum atomic E-state index is -4.28. The van der Waals surface area contributed by atoms with E-state index in [0.29, 0.717) is 12.0 Å². The molecule has 0 bridgehead atoms. The molecule has 1 N–H and O–H groups in total. The Hall–Kier alpha value is -1.36. The van der Waals surface area contributed by atoms with E-state index in [2.05, 4.69) is 0 Å². The van der Waals surface area contributed by atoms with E-state index < -0.39 is 24.6 Å². The van der Waals surface area contributed by atoms with Gasteiger partial charge in [-0.2, -0.15) is 13.2 Å². The van der Waals surface area contributed by atoms with Crippen LogP contribution in [0, 0.1) is 5.92 Å². The first kappa shape index (κ1) is 14.1. The lowest BCUT2D eigenvalue weighted by Crippen LogP contribution is -2.32. The van der Waals surface area contributed by atoms with Crippen LogP contribution in [0.3, 0.4) is 0 Å². The number of ketones is 1. The summed E-state index contributed by atoms with van der Waals surface area (Å²) in [5.74, 6) is -0.620. The molecule has 0 aromatic carbocycles. The number of alkyl halides is 3. The first-order valence-electron chi connectivity index (χ1n) is 6.15. The predicted octanol–water partition coefficient (Wildman–Crippen LogP) is 3.09. The number of carbonyl (C=O) groups excluding carboxylic acids is 1. The summed E-state index contributed by atoms with van der Waals surface area (Å²) in [6, 6.07) is 0. The number of halogens is 3. The molecule has 2 rings (SSSR count). The van der Waals surface area contributed by atoms with Gasteiger partial charge in [0.15, 0.2) is 5.78 Å². The lowest BCUT2D eigenvalue weighted by molar-refractivity contribution is -0.134. The van der Waals surface area contributed by atoms with Crippen LogP contribution in [0.2, 0.25) is 0 Å². The van der Waals surface area contributed by atoms with Gasteiger partial charge < -0.3 is 5.11 Å². The second-order valence-electron chi connectivity index (χ2n) is 5.02. The minimum Gasteiger partial charge on any atom is -0.384 e. The standard InChI is InChI=1S/C14H15F3O2/c1-8-2-3-10-11(6-8)13(19)9(7-12(10)18)4-5-14(15,16)17/h2,6-7,10,13,19H,3-5H2,1H3. The highest BCUT2D eigenvalue weighted by Crippen LogP contribution is 2.36. The number of fused-ring (bicyclic) bond motifs is 1. The van der Waals surface area contributed by atoms with Crippen molar-refractivity contribution in [2.24, 2.45) is 5.92 Å². The molecule has 2 unspecified atom stereocenters. The third kappa shape index (κ3) is 3.15. The van der Waals surface area contributed by atoms with Crippen LogP contribution in [-0.2, 0) is 4.79 Å². The molecule has 2 nitrogen and oxygen atoms in total. The molecule has 0 aromatic heterocycles. The molecule has 5 heteroatoms. The number of rotatable bonds is 2. The van der Waals surface area contributed by atoms with E-state index in [1.165, 1.54) is 6.08 Å². The summed E-state index contributed by atoms with van der Waals surface area (Å²) in [5.41, 5.74) is 1.62. The van der Waals surface area contributed by atoms with Gasteiger partial charge in [0.05, 0.1) is 6.10 Å². The van der Waals surface area contributed by atoms with Crippen LogP contribution in [0.1, 0.15) is 26.2 Å². The summed E-state index contributed by atoms with van der Waals surface area (Å²) in [6.45, 7) is 1.84. The van der Waals surface area contributed by atoms with E-state index in [1.807, 2.05) is 13.0 Å². The van der Waals surface area contributed by atoms with E-state index in [4.69, 9.17) is 0 Å². The normalized spacial score (nSPS) is 27.4. The van der Waals surface area contributed by atoms with Crippen molar-refractivity contribution in [3.05, 3.63) is 34.9 Å². The molecular formula is C14H15F3O2. The SMILES string of the molecule is CC1=CCC2C(=O)C=C(CCC(F)(F)F)C(O)C2=C1. The zero-order valence-corrected chi connectivity index (χ0v) is 10.5. The van der Waals surface area contributed by atoms with Crippen molar-refractivity contribution >= 4 is 5.78 Å². The Morgan fingerprint density at radius 3 is 2.68 bits per heavy atom. The highest BCUT2D eigenvalue weighted by molar-refractivity contribution is 5.97. The monoisotopic (exact) mass is 272 g/mol. The van der Waals surface area contributed by atoms with Crippen molar-refractivity contribution < 1.29 is 23.1 Å². The fraction of sp³-hybridized carbons (Fsp3) is 0.500. The Morgan fingerprint density at radius 1 is 1.37 bits per heavy atom. The van der Waals surface area contributed by atoms with Gasteiger partial charge in [0.25, 0.3) is 0 Å². The molecule has 0 saturated carbocycles. The first-order chi connectivity index (χ1) is 8.78. The summed E-state index contributed by atoms with van der Waals surface area (Å²) in [5, 5.41) is 10.1. The molecule has 2 aliphatic rings. The Balaban J connectivity index is 2.20. The van der Waals surface area contributed by atoms with Crippen molar-refractivity contribution in [3.8, 4) is 0 Å². The first-order valence-corrected chi connectivity index (χ1v) is 6.15. The Kier molecular flexibility index (Phi) is 3.67. The maximum absolute atomic E-state index is 12.2. The summed E-state index contributed by atoms with van der Waals surface area (Å²) < 4.78 is 36.6. The van der Waals surface area contributed by atoms with Crippen LogP contribution in [0.5, 0.6) is 0 Å². The molecule has 0 radical (unpaired) electrons. The van der Waals surface area contributed by atoms with Gasteiger partial charge in [-0.1, -0.05) is 17.7 Å². The average Bonchev–Trinajstić information content (AvgIpc) is 2.30. The van der Waals surface area contributed by atoms with Crippen molar-refractivity contribution in [1.29, 1.82) is 0 Å². The van der Waals surface area contributed by atoms with Gasteiger partial charge in [-0.05, 0) is 37.0 Å². The van der Waals surface area contributed by atoms with E-state index in [9.17, 15) is 23.1 Å². The van der Waals surface area contributed by atoms with E-state index in [-0.39, 0.29) is 17.8 Å². The van der Waals surface area contributed by atoms with Gasteiger partial charge in [0, 0.05) is 12.3 Å². The zero-order valence-electron chi connectivity index (χ0n) is 10.5. The second-order valence-corrected chi connectivity index (χ2v) is 5.02. The maximum Gasteiger partial charge on any atom is 0.389 e. The Bertz CT molecular complexity index is 483. The van der Waals surface area contributed by atoms with Crippen LogP contribution in [0.15, 0.2) is 34.9 Å². The summed E-state index contributed by atoms with van der Waals surface area (Å²) in [6.07, 6.45) is -1.39. The Morgan fingerprint density at radius 2 is 2.05 bits per heavy atom. The molecule has 0 aromatic rings. The van der Waals surface area contributed by atoms with Crippen LogP contribution < -0.4 is 0 Å². The fourth-order valence-electron chi connectivity index (χ4n) is 2.48. The quantitative estimate of drug-likeness (QED) is 0.838. The lowest BCUT2D eigenvalue weighted by atomic mass is 9.75. The minimum absolute atomic E-state index is 0.166. The Labute approximate surface area is 109 Å². The molecule has 104 valence electrons. The molecule has 0 spiro atoms. The van der Waals surface area contributed by atoms with Gasteiger partial charge in [-0.25, -0.2) is 0 Å². The van der Waals surface area contributed by atoms with E-state index in [0.717, 1.165) is 5.57 Å². The van der Waals surface area contributed by atoms with E-state index >= 15 is 0 Å². The number of carbonyl (C=O) groups is 1. The molecule has 0 fully saturated rings. The third-order valence-corrected chi connectivity index (χ3v) is 3.51. The molecule has 0 aliphatic heterocycles. The van der Waals surface area contributed by atoms with Crippen LogP contribution in [0.25, 0.3) is 0 Å². The average molecular weight is 272 g/mol. The highest BCUT2D eigenvalue weighted by Gasteiger charge is 2.36. The van der Waals surface area contributed by atoms with Gasteiger partial charge >= 0.3 is 6.18 Å². The maximum atomic E-state index is 12.2. The number of hydrogen-bond acceptors (Lipinski definition) is 2. The third-order valence-electron chi connectivity index (χ3n) is 3.51. The second kappa shape index (κ2) is 4.96.